The van der Waals surface area contributed by atoms with Crippen LogP contribution in [0.15, 0.2) is 5.38 Å². The average molecular weight is 308 g/mol. The molecule has 21 heavy (non-hydrogen) atoms. The van der Waals surface area contributed by atoms with Crippen molar-refractivity contribution in [2.24, 2.45) is 0 Å². The second-order valence-corrected chi connectivity index (χ2v) is 7.27. The van der Waals surface area contributed by atoms with Gasteiger partial charge in [0.1, 0.15) is 5.01 Å². The molecule has 3 rings (SSSR count). The summed E-state index contributed by atoms with van der Waals surface area (Å²) in [6, 6.07) is 0.803. The normalized spacial score (nSPS) is 24.1. The van der Waals surface area contributed by atoms with E-state index in [1.807, 2.05) is 0 Å². The van der Waals surface area contributed by atoms with Gasteiger partial charge in [-0.15, -0.1) is 11.3 Å². The minimum atomic E-state index is 0.803. The van der Waals surface area contributed by atoms with Crippen molar-refractivity contribution in [1.82, 2.24) is 20.1 Å². The molecule has 2 saturated heterocycles. The van der Waals surface area contributed by atoms with Crippen LogP contribution in [0.4, 0.5) is 0 Å². The maximum absolute atomic E-state index is 4.79. The number of aromatic nitrogens is 1. The fourth-order valence-corrected chi connectivity index (χ4v) is 4.29. The summed E-state index contributed by atoms with van der Waals surface area (Å²) in [5, 5.41) is 6.92. The first-order valence-electron chi connectivity index (χ1n) is 8.45. The molecule has 3 heterocycles. The molecular weight excluding hydrogens is 280 g/mol. The largest absolute Gasteiger partial charge is 0.310 e. The van der Waals surface area contributed by atoms with Crippen molar-refractivity contribution in [3.05, 3.63) is 16.1 Å². The summed E-state index contributed by atoms with van der Waals surface area (Å²) in [6.07, 6.45) is 5.28. The Morgan fingerprint density at radius 3 is 3.14 bits per heavy atom. The average Bonchev–Trinajstić information content (AvgIpc) is 3.06. The maximum atomic E-state index is 4.79. The molecule has 0 radical (unpaired) electrons. The third-order valence-corrected chi connectivity index (χ3v) is 5.47. The third kappa shape index (κ3) is 4.25. The zero-order valence-corrected chi connectivity index (χ0v) is 14.0. The summed E-state index contributed by atoms with van der Waals surface area (Å²) in [6.45, 7) is 10.3. The monoisotopic (exact) mass is 308 g/mol. The molecule has 2 fully saturated rings. The molecule has 1 N–H and O–H groups in total. The van der Waals surface area contributed by atoms with E-state index in [1.165, 1.54) is 62.6 Å². The Kier molecular flexibility index (Phi) is 5.63. The van der Waals surface area contributed by atoms with Gasteiger partial charge in [-0.1, -0.05) is 6.92 Å². The summed E-state index contributed by atoms with van der Waals surface area (Å²) in [5.41, 5.74) is 1.26. The summed E-state index contributed by atoms with van der Waals surface area (Å²) < 4.78 is 0. The van der Waals surface area contributed by atoms with E-state index in [2.05, 4.69) is 27.4 Å². The SMILES string of the molecule is CCCNCc1nc(CN2CCCN3CCCC3C2)cs1. The Balaban J connectivity index is 1.51. The van der Waals surface area contributed by atoms with Crippen molar-refractivity contribution in [2.75, 3.05) is 32.7 Å². The minimum absolute atomic E-state index is 0.803. The molecule has 1 unspecified atom stereocenters. The van der Waals surface area contributed by atoms with Crippen molar-refractivity contribution < 1.29 is 0 Å². The van der Waals surface area contributed by atoms with Gasteiger partial charge in [0.05, 0.1) is 5.69 Å². The van der Waals surface area contributed by atoms with Crippen LogP contribution < -0.4 is 5.32 Å². The maximum Gasteiger partial charge on any atom is 0.107 e. The summed E-state index contributed by atoms with van der Waals surface area (Å²) in [7, 11) is 0. The van der Waals surface area contributed by atoms with E-state index in [0.717, 1.165) is 25.7 Å². The van der Waals surface area contributed by atoms with Crippen molar-refractivity contribution in [1.29, 1.82) is 0 Å². The number of thiazole rings is 1. The van der Waals surface area contributed by atoms with Crippen LogP contribution >= 0.6 is 11.3 Å². The topological polar surface area (TPSA) is 31.4 Å². The van der Waals surface area contributed by atoms with Gasteiger partial charge in [-0.2, -0.15) is 0 Å². The standard InChI is InChI=1S/C16H28N4S/c1-2-6-17-10-16-18-14(13-21-16)11-19-7-4-9-20-8-3-5-15(20)12-19/h13,15,17H,2-12H2,1H3. The molecule has 118 valence electrons. The fourth-order valence-electron chi connectivity index (χ4n) is 3.53. The molecular formula is C16H28N4S. The zero-order valence-electron chi connectivity index (χ0n) is 13.2. The summed E-state index contributed by atoms with van der Waals surface area (Å²) in [5.74, 6) is 0. The molecule has 4 nitrogen and oxygen atoms in total. The highest BCUT2D eigenvalue weighted by Gasteiger charge is 2.28. The summed E-state index contributed by atoms with van der Waals surface area (Å²) in [4.78, 5) is 10.1. The van der Waals surface area contributed by atoms with Crippen LogP contribution in [0.3, 0.4) is 0 Å². The number of hydrogen-bond acceptors (Lipinski definition) is 5. The van der Waals surface area contributed by atoms with E-state index >= 15 is 0 Å². The zero-order chi connectivity index (χ0) is 14.5. The quantitative estimate of drug-likeness (QED) is 0.817. The molecule has 0 aromatic carbocycles. The van der Waals surface area contributed by atoms with Crippen LogP contribution in [-0.2, 0) is 13.1 Å². The second-order valence-electron chi connectivity index (χ2n) is 6.33. The van der Waals surface area contributed by atoms with Crippen LogP contribution in [-0.4, -0.2) is 53.5 Å². The fraction of sp³-hybridized carbons (Fsp3) is 0.812. The highest BCUT2D eigenvalue weighted by Crippen LogP contribution is 2.22. The van der Waals surface area contributed by atoms with E-state index in [9.17, 15) is 0 Å². The van der Waals surface area contributed by atoms with Gasteiger partial charge in [0.25, 0.3) is 0 Å². The van der Waals surface area contributed by atoms with Crippen molar-refractivity contribution in [2.45, 2.75) is 51.7 Å². The van der Waals surface area contributed by atoms with E-state index < -0.39 is 0 Å². The van der Waals surface area contributed by atoms with E-state index in [-0.39, 0.29) is 0 Å². The molecule has 1 atom stereocenters. The van der Waals surface area contributed by atoms with Gasteiger partial charge < -0.3 is 5.32 Å². The molecule has 0 amide bonds. The van der Waals surface area contributed by atoms with Gasteiger partial charge in [-0.3, -0.25) is 9.80 Å². The van der Waals surface area contributed by atoms with Crippen molar-refractivity contribution >= 4 is 11.3 Å². The van der Waals surface area contributed by atoms with Crippen LogP contribution in [0, 0.1) is 0 Å². The lowest BCUT2D eigenvalue weighted by Gasteiger charge is -2.24. The molecule has 5 heteroatoms. The van der Waals surface area contributed by atoms with Crippen LogP contribution in [0.5, 0.6) is 0 Å². The van der Waals surface area contributed by atoms with Gasteiger partial charge >= 0.3 is 0 Å². The Morgan fingerprint density at radius 2 is 2.24 bits per heavy atom. The van der Waals surface area contributed by atoms with Gasteiger partial charge in [0, 0.05) is 31.1 Å². The molecule has 0 saturated carbocycles. The van der Waals surface area contributed by atoms with Crippen LogP contribution in [0.2, 0.25) is 0 Å². The Bertz CT molecular complexity index is 434. The van der Waals surface area contributed by atoms with Crippen molar-refractivity contribution in [3.8, 4) is 0 Å². The summed E-state index contributed by atoms with van der Waals surface area (Å²) >= 11 is 1.80. The first kappa shape index (κ1) is 15.4. The molecule has 0 aliphatic carbocycles. The molecule has 1 aromatic heterocycles. The van der Waals surface area contributed by atoms with E-state index in [0.29, 0.717) is 0 Å². The van der Waals surface area contributed by atoms with Crippen molar-refractivity contribution in [3.63, 3.8) is 0 Å². The van der Waals surface area contributed by atoms with Crippen LogP contribution in [0.25, 0.3) is 0 Å². The Morgan fingerprint density at radius 1 is 1.33 bits per heavy atom. The minimum Gasteiger partial charge on any atom is -0.310 e. The highest BCUT2D eigenvalue weighted by molar-refractivity contribution is 7.09. The first-order valence-corrected chi connectivity index (χ1v) is 9.33. The number of rotatable bonds is 6. The Labute approximate surface area is 132 Å². The van der Waals surface area contributed by atoms with Gasteiger partial charge in [-0.05, 0) is 51.9 Å². The first-order chi connectivity index (χ1) is 10.3. The lowest BCUT2D eigenvalue weighted by molar-refractivity contribution is 0.214. The van der Waals surface area contributed by atoms with Gasteiger partial charge in [0.2, 0.25) is 0 Å². The Hall–Kier alpha value is -0.490. The molecule has 1 aromatic rings. The van der Waals surface area contributed by atoms with Gasteiger partial charge in [0.15, 0.2) is 0 Å². The highest BCUT2D eigenvalue weighted by atomic mass is 32.1. The molecule has 2 aliphatic rings. The molecule has 0 bridgehead atoms. The molecule has 2 aliphatic heterocycles. The number of nitrogens with one attached hydrogen (secondary N) is 1. The number of fused-ring (bicyclic) bond motifs is 1. The number of nitrogens with zero attached hydrogens (tertiary/aromatic N) is 3. The van der Waals surface area contributed by atoms with Gasteiger partial charge in [-0.25, -0.2) is 4.98 Å². The lowest BCUT2D eigenvalue weighted by Crippen LogP contribution is -2.36. The number of hydrogen-bond donors (Lipinski definition) is 1. The van der Waals surface area contributed by atoms with E-state index in [4.69, 9.17) is 4.98 Å². The predicted molar refractivity (Wildman–Crippen MR) is 88.6 cm³/mol. The smallest absolute Gasteiger partial charge is 0.107 e. The lowest BCUT2D eigenvalue weighted by atomic mass is 10.2. The second kappa shape index (κ2) is 7.68. The predicted octanol–water partition coefficient (Wildman–Crippen LogP) is 2.31. The third-order valence-electron chi connectivity index (χ3n) is 4.58. The van der Waals surface area contributed by atoms with E-state index in [1.54, 1.807) is 11.3 Å². The molecule has 0 spiro atoms. The van der Waals surface area contributed by atoms with Crippen LogP contribution in [0.1, 0.15) is 43.3 Å².